The highest BCUT2D eigenvalue weighted by Gasteiger charge is 2.15. The molecule has 140 valence electrons. The van der Waals surface area contributed by atoms with Gasteiger partial charge in [-0.05, 0) is 55.2 Å². The minimum atomic E-state index is -0.0527. The molecule has 0 unspecified atom stereocenters. The van der Waals surface area contributed by atoms with Gasteiger partial charge in [-0.15, -0.1) is 11.3 Å². The smallest absolute Gasteiger partial charge is 0.263 e. The van der Waals surface area contributed by atoms with E-state index in [0.717, 1.165) is 41.3 Å². The Balaban J connectivity index is 1.52. The Hall–Kier alpha value is -2.73. The van der Waals surface area contributed by atoms with Gasteiger partial charge in [-0.3, -0.25) is 9.78 Å². The number of nitrogens with one attached hydrogen (secondary N) is 1. The molecule has 27 heavy (non-hydrogen) atoms. The molecule has 5 nitrogen and oxygen atoms in total. The van der Waals surface area contributed by atoms with E-state index in [2.05, 4.69) is 15.3 Å². The number of nitrogens with zero attached hydrogens (tertiary/aromatic N) is 2. The Bertz CT molecular complexity index is 893. The molecule has 0 saturated carbocycles. The molecule has 0 aliphatic rings. The summed E-state index contributed by atoms with van der Waals surface area (Å²) in [6, 6.07) is 11.9. The van der Waals surface area contributed by atoms with Crippen LogP contribution in [0.3, 0.4) is 0 Å². The van der Waals surface area contributed by atoms with Crippen LogP contribution in [0.5, 0.6) is 5.75 Å². The first-order valence-electron chi connectivity index (χ1n) is 8.92. The minimum Gasteiger partial charge on any atom is -0.497 e. The van der Waals surface area contributed by atoms with Crippen molar-refractivity contribution in [3.63, 3.8) is 0 Å². The fraction of sp³-hybridized carbons (Fsp3) is 0.286. The quantitative estimate of drug-likeness (QED) is 0.647. The lowest BCUT2D eigenvalue weighted by Gasteiger charge is -2.06. The summed E-state index contributed by atoms with van der Waals surface area (Å²) in [6.07, 6.45) is 6.07. The van der Waals surface area contributed by atoms with Crippen LogP contribution in [0.15, 0.2) is 48.8 Å². The number of benzene rings is 1. The van der Waals surface area contributed by atoms with E-state index in [9.17, 15) is 4.79 Å². The second kappa shape index (κ2) is 9.28. The lowest BCUT2D eigenvalue weighted by Crippen LogP contribution is -2.25. The predicted octanol–water partition coefficient (Wildman–Crippen LogP) is 3.61. The van der Waals surface area contributed by atoms with E-state index in [-0.39, 0.29) is 5.91 Å². The maximum atomic E-state index is 12.5. The standard InChI is InChI=1S/C21H23N3O2S/c1-15-20(27-19(24-15)7-6-16-8-11-22-12-9-16)21(25)23-13-10-17-4-3-5-18(14-17)26-2/h3-5,8-9,11-12,14H,6-7,10,13H2,1-2H3,(H,23,25). The fourth-order valence-electron chi connectivity index (χ4n) is 2.80. The predicted molar refractivity (Wildman–Crippen MR) is 108 cm³/mol. The number of ether oxygens (including phenoxy) is 1. The monoisotopic (exact) mass is 381 g/mol. The van der Waals surface area contributed by atoms with Crippen LogP contribution in [-0.2, 0) is 19.3 Å². The van der Waals surface area contributed by atoms with Gasteiger partial charge in [-0.25, -0.2) is 4.98 Å². The lowest BCUT2D eigenvalue weighted by molar-refractivity contribution is 0.0957. The van der Waals surface area contributed by atoms with Crippen molar-refractivity contribution in [2.45, 2.75) is 26.2 Å². The zero-order chi connectivity index (χ0) is 19.1. The first kappa shape index (κ1) is 19.0. The Kier molecular flexibility index (Phi) is 6.54. The summed E-state index contributed by atoms with van der Waals surface area (Å²) < 4.78 is 5.23. The van der Waals surface area contributed by atoms with Crippen LogP contribution in [-0.4, -0.2) is 29.5 Å². The molecule has 1 amide bonds. The summed E-state index contributed by atoms with van der Waals surface area (Å²) in [5, 5.41) is 3.98. The number of pyridine rings is 1. The van der Waals surface area contributed by atoms with Crippen molar-refractivity contribution in [1.82, 2.24) is 15.3 Å². The molecule has 3 rings (SSSR count). The highest BCUT2D eigenvalue weighted by Crippen LogP contribution is 2.20. The topological polar surface area (TPSA) is 64.1 Å². The third-order valence-corrected chi connectivity index (χ3v) is 5.47. The molecule has 1 aromatic carbocycles. The van der Waals surface area contributed by atoms with E-state index >= 15 is 0 Å². The molecule has 2 aromatic heterocycles. The minimum absolute atomic E-state index is 0.0527. The molecule has 0 bridgehead atoms. The van der Waals surface area contributed by atoms with Gasteiger partial charge in [-0.1, -0.05) is 12.1 Å². The first-order valence-corrected chi connectivity index (χ1v) is 9.73. The summed E-state index contributed by atoms with van der Waals surface area (Å²) in [5.74, 6) is 0.777. The van der Waals surface area contributed by atoms with Crippen LogP contribution < -0.4 is 10.1 Å². The Labute approximate surface area is 163 Å². The van der Waals surface area contributed by atoms with Crippen LogP contribution >= 0.6 is 11.3 Å². The number of aryl methyl sites for hydroxylation is 3. The van der Waals surface area contributed by atoms with E-state index in [1.54, 1.807) is 19.5 Å². The maximum Gasteiger partial charge on any atom is 0.263 e. The number of methoxy groups -OCH3 is 1. The second-order valence-corrected chi connectivity index (χ2v) is 7.32. The molecule has 3 aromatic rings. The molecule has 0 saturated heterocycles. The average Bonchev–Trinajstić information content (AvgIpc) is 3.08. The molecule has 6 heteroatoms. The molecule has 0 radical (unpaired) electrons. The molecule has 1 N–H and O–H groups in total. The molecule has 0 spiro atoms. The van der Waals surface area contributed by atoms with E-state index < -0.39 is 0 Å². The largest absolute Gasteiger partial charge is 0.497 e. The van der Waals surface area contributed by atoms with Crippen molar-refractivity contribution >= 4 is 17.2 Å². The zero-order valence-corrected chi connectivity index (χ0v) is 16.4. The van der Waals surface area contributed by atoms with Gasteiger partial charge < -0.3 is 10.1 Å². The number of rotatable bonds is 8. The normalized spacial score (nSPS) is 10.6. The van der Waals surface area contributed by atoms with Gasteiger partial charge in [0.25, 0.3) is 5.91 Å². The van der Waals surface area contributed by atoms with Crippen molar-refractivity contribution in [2.24, 2.45) is 0 Å². The van der Waals surface area contributed by atoms with Gasteiger partial charge >= 0.3 is 0 Å². The van der Waals surface area contributed by atoms with E-state index in [0.29, 0.717) is 11.4 Å². The molecular formula is C21H23N3O2S. The number of carbonyl (C=O) groups excluding carboxylic acids is 1. The summed E-state index contributed by atoms with van der Waals surface area (Å²) in [4.78, 5) is 21.8. The van der Waals surface area contributed by atoms with Gasteiger partial charge in [0, 0.05) is 25.4 Å². The molecule has 0 fully saturated rings. The van der Waals surface area contributed by atoms with Crippen molar-refractivity contribution < 1.29 is 9.53 Å². The first-order chi connectivity index (χ1) is 13.2. The van der Waals surface area contributed by atoms with Crippen molar-refractivity contribution in [2.75, 3.05) is 13.7 Å². The SMILES string of the molecule is COc1cccc(CCNC(=O)c2sc(CCc3ccncc3)nc2C)c1. The molecule has 0 aliphatic carbocycles. The van der Waals surface area contributed by atoms with Gasteiger partial charge in [0.15, 0.2) is 0 Å². The Morgan fingerprint density at radius 2 is 1.93 bits per heavy atom. The molecular weight excluding hydrogens is 358 g/mol. The van der Waals surface area contributed by atoms with Crippen LogP contribution in [0.4, 0.5) is 0 Å². The van der Waals surface area contributed by atoms with Crippen LogP contribution in [0.2, 0.25) is 0 Å². The number of thiazole rings is 1. The fourth-order valence-corrected chi connectivity index (χ4v) is 3.78. The number of carbonyl (C=O) groups is 1. The number of hydrogen-bond donors (Lipinski definition) is 1. The Morgan fingerprint density at radius 3 is 2.70 bits per heavy atom. The lowest BCUT2D eigenvalue weighted by atomic mass is 10.1. The molecule has 2 heterocycles. The summed E-state index contributed by atoms with van der Waals surface area (Å²) in [6.45, 7) is 2.47. The van der Waals surface area contributed by atoms with Crippen molar-refractivity contribution in [1.29, 1.82) is 0 Å². The zero-order valence-electron chi connectivity index (χ0n) is 15.6. The average molecular weight is 382 g/mol. The van der Waals surface area contributed by atoms with E-state index in [1.807, 2.05) is 43.3 Å². The second-order valence-electron chi connectivity index (χ2n) is 6.24. The third-order valence-electron chi connectivity index (χ3n) is 4.26. The van der Waals surface area contributed by atoms with Crippen molar-refractivity contribution in [3.8, 4) is 5.75 Å². The molecule has 0 atom stereocenters. The van der Waals surface area contributed by atoms with Crippen LogP contribution in [0.1, 0.15) is 31.5 Å². The highest BCUT2D eigenvalue weighted by atomic mass is 32.1. The van der Waals surface area contributed by atoms with Gasteiger partial charge in [0.1, 0.15) is 10.6 Å². The summed E-state index contributed by atoms with van der Waals surface area (Å²) in [5.41, 5.74) is 3.15. The summed E-state index contributed by atoms with van der Waals surface area (Å²) in [7, 11) is 1.65. The van der Waals surface area contributed by atoms with Gasteiger partial charge in [0.05, 0.1) is 17.8 Å². The number of amides is 1. The van der Waals surface area contributed by atoms with Gasteiger partial charge in [0.2, 0.25) is 0 Å². The number of hydrogen-bond acceptors (Lipinski definition) is 5. The van der Waals surface area contributed by atoms with Crippen molar-refractivity contribution in [3.05, 3.63) is 75.5 Å². The highest BCUT2D eigenvalue weighted by molar-refractivity contribution is 7.13. The third kappa shape index (κ3) is 5.37. The molecule has 0 aliphatic heterocycles. The number of aromatic nitrogens is 2. The van der Waals surface area contributed by atoms with E-state index in [4.69, 9.17) is 4.74 Å². The van der Waals surface area contributed by atoms with Gasteiger partial charge in [-0.2, -0.15) is 0 Å². The summed E-state index contributed by atoms with van der Waals surface area (Å²) >= 11 is 1.48. The maximum absolute atomic E-state index is 12.5. The Morgan fingerprint density at radius 1 is 1.11 bits per heavy atom. The van der Waals surface area contributed by atoms with E-state index in [1.165, 1.54) is 16.9 Å². The van der Waals surface area contributed by atoms with Crippen LogP contribution in [0, 0.1) is 6.92 Å². The van der Waals surface area contributed by atoms with Crippen LogP contribution in [0.25, 0.3) is 0 Å².